The third kappa shape index (κ3) is 2.61. The molecule has 1 nitrogen and oxygen atoms in total. The standard InChI is InChI=1S/C9H13N.Li/c1-8-6-4-5-7-9(8)10(2)3;/h4-7H,1-3H3;/q;+1. The minimum absolute atomic E-state index is 0. The maximum atomic E-state index is 2.12. The largest absolute Gasteiger partial charge is 1.00 e. The second kappa shape index (κ2) is 4.49. The van der Waals surface area contributed by atoms with Crippen LogP contribution in [0.2, 0.25) is 0 Å². The molecule has 54 valence electrons. The molecule has 0 aromatic heterocycles. The molecule has 1 rings (SSSR count). The molecule has 0 atom stereocenters. The number of hydrogen-bond acceptors (Lipinski definition) is 1. The molecule has 1 aromatic rings. The van der Waals surface area contributed by atoms with Crippen molar-refractivity contribution in [3.8, 4) is 0 Å². The fourth-order valence-electron chi connectivity index (χ4n) is 1.07. The zero-order valence-corrected chi connectivity index (χ0v) is 7.76. The summed E-state index contributed by atoms with van der Waals surface area (Å²) in [6.07, 6.45) is 0. The zero-order chi connectivity index (χ0) is 7.56. The summed E-state index contributed by atoms with van der Waals surface area (Å²) in [5.41, 5.74) is 2.62. The van der Waals surface area contributed by atoms with Crippen molar-refractivity contribution in [2.24, 2.45) is 0 Å². The van der Waals surface area contributed by atoms with Gasteiger partial charge in [0.2, 0.25) is 0 Å². The van der Waals surface area contributed by atoms with Gasteiger partial charge < -0.3 is 4.90 Å². The van der Waals surface area contributed by atoms with Crippen LogP contribution in [0, 0.1) is 6.92 Å². The van der Waals surface area contributed by atoms with Gasteiger partial charge in [-0.05, 0) is 18.6 Å². The molecule has 0 heterocycles. The molecule has 0 bridgehead atoms. The van der Waals surface area contributed by atoms with E-state index in [1.165, 1.54) is 11.3 Å². The average molecular weight is 142 g/mol. The molecule has 0 fully saturated rings. The van der Waals surface area contributed by atoms with Crippen molar-refractivity contribution in [1.82, 2.24) is 0 Å². The van der Waals surface area contributed by atoms with Gasteiger partial charge in [0.15, 0.2) is 0 Å². The molecule has 0 aliphatic rings. The number of nitrogens with zero attached hydrogens (tertiary/aromatic N) is 1. The Balaban J connectivity index is 0.000001000. The minimum Gasteiger partial charge on any atom is -0.377 e. The van der Waals surface area contributed by atoms with Crippen molar-refractivity contribution in [2.45, 2.75) is 6.92 Å². The van der Waals surface area contributed by atoms with E-state index in [2.05, 4.69) is 50.2 Å². The summed E-state index contributed by atoms with van der Waals surface area (Å²) in [5.74, 6) is 0. The summed E-state index contributed by atoms with van der Waals surface area (Å²) >= 11 is 0. The molecule has 1 aromatic carbocycles. The van der Waals surface area contributed by atoms with Gasteiger partial charge in [-0.25, -0.2) is 0 Å². The van der Waals surface area contributed by atoms with E-state index in [-0.39, 0.29) is 18.9 Å². The quantitative estimate of drug-likeness (QED) is 0.458. The van der Waals surface area contributed by atoms with Crippen LogP contribution < -0.4 is 23.8 Å². The Morgan fingerprint density at radius 3 is 2.00 bits per heavy atom. The van der Waals surface area contributed by atoms with Gasteiger partial charge in [-0.2, -0.15) is 0 Å². The van der Waals surface area contributed by atoms with E-state index in [1.807, 2.05) is 0 Å². The molecule has 0 radical (unpaired) electrons. The van der Waals surface area contributed by atoms with E-state index < -0.39 is 0 Å². The Kier molecular flexibility index (Phi) is 4.33. The SMILES string of the molecule is Cc1ccccc1N(C)C.[Li+]. The normalized spacial score (nSPS) is 8.64. The molecular formula is C9H13LiN+. The number of para-hydroxylation sites is 1. The van der Waals surface area contributed by atoms with Crippen LogP contribution in [0.15, 0.2) is 24.3 Å². The Bertz CT molecular complexity index is 221. The van der Waals surface area contributed by atoms with Crippen molar-refractivity contribution in [3.63, 3.8) is 0 Å². The summed E-state index contributed by atoms with van der Waals surface area (Å²) in [6, 6.07) is 8.36. The summed E-state index contributed by atoms with van der Waals surface area (Å²) in [4.78, 5) is 2.12. The number of hydrogen-bond donors (Lipinski definition) is 0. The first-order valence-electron chi connectivity index (χ1n) is 3.45. The maximum Gasteiger partial charge on any atom is 1.00 e. The van der Waals surface area contributed by atoms with Crippen LogP contribution >= 0.6 is 0 Å². The topological polar surface area (TPSA) is 3.24 Å². The summed E-state index contributed by atoms with van der Waals surface area (Å²) < 4.78 is 0. The number of anilines is 1. The van der Waals surface area contributed by atoms with E-state index >= 15 is 0 Å². The number of aryl methyl sites for hydroxylation is 1. The molecular weight excluding hydrogens is 129 g/mol. The second-order valence-electron chi connectivity index (χ2n) is 2.68. The maximum absolute atomic E-state index is 2.12. The molecule has 0 saturated heterocycles. The van der Waals surface area contributed by atoms with Crippen LogP contribution in [0.1, 0.15) is 5.56 Å². The van der Waals surface area contributed by atoms with Crippen molar-refractivity contribution in [1.29, 1.82) is 0 Å². The van der Waals surface area contributed by atoms with Crippen molar-refractivity contribution in [2.75, 3.05) is 19.0 Å². The second-order valence-corrected chi connectivity index (χ2v) is 2.68. The van der Waals surface area contributed by atoms with Crippen LogP contribution in [0.25, 0.3) is 0 Å². The molecule has 0 amide bonds. The molecule has 0 aliphatic heterocycles. The Morgan fingerprint density at radius 2 is 1.64 bits per heavy atom. The van der Waals surface area contributed by atoms with E-state index in [0.717, 1.165) is 0 Å². The molecule has 11 heavy (non-hydrogen) atoms. The first-order valence-corrected chi connectivity index (χ1v) is 3.45. The van der Waals surface area contributed by atoms with Gasteiger partial charge in [-0.1, -0.05) is 18.2 Å². The van der Waals surface area contributed by atoms with Crippen molar-refractivity contribution < 1.29 is 18.9 Å². The molecule has 0 unspecified atom stereocenters. The van der Waals surface area contributed by atoms with Gasteiger partial charge in [-0.15, -0.1) is 0 Å². The van der Waals surface area contributed by atoms with E-state index in [4.69, 9.17) is 0 Å². The Labute approximate surface area is 80.6 Å². The van der Waals surface area contributed by atoms with E-state index in [9.17, 15) is 0 Å². The summed E-state index contributed by atoms with van der Waals surface area (Å²) in [7, 11) is 4.12. The zero-order valence-electron chi connectivity index (χ0n) is 7.76. The number of rotatable bonds is 1. The van der Waals surface area contributed by atoms with E-state index in [1.54, 1.807) is 0 Å². The fourth-order valence-corrected chi connectivity index (χ4v) is 1.07. The minimum atomic E-state index is 0. The molecule has 2 heteroatoms. The van der Waals surface area contributed by atoms with Gasteiger partial charge in [0, 0.05) is 19.8 Å². The monoisotopic (exact) mass is 142 g/mol. The van der Waals surface area contributed by atoms with Gasteiger partial charge in [0.1, 0.15) is 0 Å². The first kappa shape index (κ1) is 10.6. The van der Waals surface area contributed by atoms with Crippen molar-refractivity contribution in [3.05, 3.63) is 29.8 Å². The summed E-state index contributed by atoms with van der Waals surface area (Å²) in [6.45, 7) is 2.12. The van der Waals surface area contributed by atoms with Crippen LogP contribution in [0.5, 0.6) is 0 Å². The summed E-state index contributed by atoms with van der Waals surface area (Å²) in [5, 5.41) is 0. The third-order valence-electron chi connectivity index (χ3n) is 1.60. The molecule has 0 N–H and O–H groups in total. The predicted octanol–water partition coefficient (Wildman–Crippen LogP) is -0.935. The Morgan fingerprint density at radius 1 is 1.09 bits per heavy atom. The number of benzene rings is 1. The third-order valence-corrected chi connectivity index (χ3v) is 1.60. The first-order chi connectivity index (χ1) is 4.72. The molecule has 0 spiro atoms. The van der Waals surface area contributed by atoms with Gasteiger partial charge in [0.25, 0.3) is 0 Å². The predicted molar refractivity (Wildman–Crippen MR) is 45.5 cm³/mol. The average Bonchev–Trinajstić information content (AvgIpc) is 1.88. The Hall–Kier alpha value is -0.383. The van der Waals surface area contributed by atoms with Crippen molar-refractivity contribution >= 4 is 5.69 Å². The van der Waals surface area contributed by atoms with Gasteiger partial charge in [-0.3, -0.25) is 0 Å². The van der Waals surface area contributed by atoms with Crippen LogP contribution in [-0.4, -0.2) is 14.1 Å². The van der Waals surface area contributed by atoms with Crippen LogP contribution in [0.4, 0.5) is 5.69 Å². The molecule has 0 aliphatic carbocycles. The fraction of sp³-hybridized carbons (Fsp3) is 0.333. The van der Waals surface area contributed by atoms with Crippen LogP contribution in [-0.2, 0) is 0 Å². The van der Waals surface area contributed by atoms with Crippen LogP contribution in [0.3, 0.4) is 0 Å². The smallest absolute Gasteiger partial charge is 0.377 e. The van der Waals surface area contributed by atoms with E-state index in [0.29, 0.717) is 0 Å². The van der Waals surface area contributed by atoms with Gasteiger partial charge in [0.05, 0.1) is 0 Å². The molecule has 0 saturated carbocycles. The van der Waals surface area contributed by atoms with Gasteiger partial charge >= 0.3 is 18.9 Å².